The summed E-state index contributed by atoms with van der Waals surface area (Å²) in [7, 11) is 0. The first-order chi connectivity index (χ1) is 15.9. The van der Waals surface area contributed by atoms with Gasteiger partial charge in [0.25, 0.3) is 0 Å². The van der Waals surface area contributed by atoms with Gasteiger partial charge in [0.2, 0.25) is 5.91 Å². The second-order valence-electron chi connectivity index (χ2n) is 7.16. The Kier molecular flexibility index (Phi) is 7.74. The van der Waals surface area contributed by atoms with Crippen molar-refractivity contribution in [2.45, 2.75) is 25.8 Å². The van der Waals surface area contributed by atoms with E-state index < -0.39 is 11.9 Å². The summed E-state index contributed by atoms with van der Waals surface area (Å²) in [5.74, 6) is -3.89. The lowest BCUT2D eigenvalue weighted by molar-refractivity contribution is -0.159. The minimum absolute atomic E-state index is 0.0184. The van der Waals surface area contributed by atoms with Crippen LogP contribution in [-0.4, -0.2) is 54.5 Å². The quantitative estimate of drug-likeness (QED) is 0.576. The Morgan fingerprint density at radius 3 is 2.45 bits per heavy atom. The van der Waals surface area contributed by atoms with Crippen LogP contribution in [0.2, 0.25) is 0 Å². The lowest BCUT2D eigenvalue weighted by Gasteiger charge is -2.29. The first kappa shape index (κ1) is 23.5. The van der Waals surface area contributed by atoms with E-state index in [1.54, 1.807) is 36.9 Å². The number of carbonyl (C=O) groups is 3. The van der Waals surface area contributed by atoms with Crippen molar-refractivity contribution in [1.82, 2.24) is 19.9 Å². The summed E-state index contributed by atoms with van der Waals surface area (Å²) >= 11 is 0. The molecule has 1 aromatic carbocycles. The predicted molar refractivity (Wildman–Crippen MR) is 114 cm³/mol. The van der Waals surface area contributed by atoms with E-state index in [9.17, 15) is 9.18 Å². The molecule has 3 aromatic rings. The molecule has 10 heteroatoms. The smallest absolute Gasteiger partial charge is 0.414 e. The van der Waals surface area contributed by atoms with Crippen molar-refractivity contribution in [2.75, 3.05) is 6.54 Å². The average Bonchev–Trinajstić information content (AvgIpc) is 2.83. The molecule has 1 amide bonds. The van der Waals surface area contributed by atoms with Gasteiger partial charge in [-0.3, -0.25) is 9.78 Å². The first-order valence-corrected chi connectivity index (χ1v) is 10.1. The minimum Gasteiger partial charge on any atom is -0.473 e. The second kappa shape index (κ2) is 10.9. The predicted octanol–water partition coefficient (Wildman–Crippen LogP) is 2.35. The van der Waals surface area contributed by atoms with Gasteiger partial charge in [0, 0.05) is 49.5 Å². The molecule has 0 bridgehead atoms. The Morgan fingerprint density at radius 1 is 1.03 bits per heavy atom. The number of aliphatic carboxylic acids is 2. The summed E-state index contributed by atoms with van der Waals surface area (Å²) in [6.07, 6.45) is 6.42. The van der Waals surface area contributed by atoms with Crippen LogP contribution in [0.25, 0.3) is 11.3 Å². The van der Waals surface area contributed by atoms with Crippen LogP contribution < -0.4 is 0 Å². The van der Waals surface area contributed by atoms with Gasteiger partial charge in [0.15, 0.2) is 0 Å². The summed E-state index contributed by atoms with van der Waals surface area (Å²) in [5, 5.41) is 14.8. The molecule has 0 atom stereocenters. The SMILES string of the molecule is O=C(CCc1ccccc1F)N1CCc2ncnc(-c3cccnc3)c2C1.O=C(O)C(=O)O. The van der Waals surface area contributed by atoms with E-state index in [1.165, 1.54) is 6.07 Å². The molecule has 3 heterocycles. The third-order valence-electron chi connectivity index (χ3n) is 5.04. The van der Waals surface area contributed by atoms with Crippen LogP contribution in [0.4, 0.5) is 4.39 Å². The van der Waals surface area contributed by atoms with Crippen molar-refractivity contribution in [2.24, 2.45) is 0 Å². The molecular weight excluding hydrogens is 431 g/mol. The highest BCUT2D eigenvalue weighted by Gasteiger charge is 2.24. The fraction of sp³-hybridized carbons (Fsp3) is 0.217. The highest BCUT2D eigenvalue weighted by Crippen LogP contribution is 2.27. The molecule has 0 aliphatic carbocycles. The molecule has 1 aliphatic rings. The number of aryl methyl sites for hydroxylation is 1. The van der Waals surface area contributed by atoms with Gasteiger partial charge in [-0.25, -0.2) is 23.9 Å². The maximum absolute atomic E-state index is 13.8. The van der Waals surface area contributed by atoms with Gasteiger partial charge in [0.1, 0.15) is 12.1 Å². The van der Waals surface area contributed by atoms with Crippen molar-refractivity contribution in [1.29, 1.82) is 0 Å². The molecule has 0 spiro atoms. The summed E-state index contributed by atoms with van der Waals surface area (Å²) in [6, 6.07) is 10.4. The zero-order valence-electron chi connectivity index (χ0n) is 17.5. The molecule has 4 rings (SSSR count). The molecule has 0 saturated heterocycles. The van der Waals surface area contributed by atoms with E-state index in [0.29, 0.717) is 31.5 Å². The van der Waals surface area contributed by atoms with Gasteiger partial charge in [-0.15, -0.1) is 0 Å². The van der Waals surface area contributed by atoms with E-state index >= 15 is 0 Å². The van der Waals surface area contributed by atoms with Crippen molar-refractivity contribution in [3.8, 4) is 11.3 Å². The van der Waals surface area contributed by atoms with Crippen LogP contribution in [0, 0.1) is 5.82 Å². The molecule has 0 unspecified atom stereocenters. The van der Waals surface area contributed by atoms with Crippen molar-refractivity contribution < 1.29 is 29.0 Å². The molecule has 170 valence electrons. The fourth-order valence-electron chi connectivity index (χ4n) is 3.41. The second-order valence-corrected chi connectivity index (χ2v) is 7.16. The van der Waals surface area contributed by atoms with Gasteiger partial charge >= 0.3 is 11.9 Å². The Balaban J connectivity index is 0.000000454. The highest BCUT2D eigenvalue weighted by atomic mass is 19.1. The average molecular weight is 452 g/mol. The normalized spacial score (nSPS) is 12.2. The molecule has 1 aliphatic heterocycles. The van der Waals surface area contributed by atoms with E-state index in [2.05, 4.69) is 15.0 Å². The number of pyridine rings is 1. The Labute approximate surface area is 188 Å². The number of amides is 1. The van der Waals surface area contributed by atoms with Crippen molar-refractivity contribution in [3.63, 3.8) is 0 Å². The number of hydrogen-bond acceptors (Lipinski definition) is 6. The zero-order chi connectivity index (χ0) is 23.8. The summed E-state index contributed by atoms with van der Waals surface area (Å²) < 4.78 is 13.8. The van der Waals surface area contributed by atoms with Gasteiger partial charge in [0.05, 0.1) is 11.4 Å². The highest BCUT2D eigenvalue weighted by molar-refractivity contribution is 6.27. The van der Waals surface area contributed by atoms with Crippen LogP contribution in [0.15, 0.2) is 55.1 Å². The third kappa shape index (κ3) is 6.16. The fourth-order valence-corrected chi connectivity index (χ4v) is 3.41. The number of carbonyl (C=O) groups excluding carboxylic acids is 1. The largest absolute Gasteiger partial charge is 0.473 e. The number of hydrogen-bond donors (Lipinski definition) is 2. The molecular formula is C23H21FN4O5. The molecule has 33 heavy (non-hydrogen) atoms. The third-order valence-corrected chi connectivity index (χ3v) is 5.04. The zero-order valence-corrected chi connectivity index (χ0v) is 17.5. The number of rotatable bonds is 4. The van der Waals surface area contributed by atoms with Crippen LogP contribution >= 0.6 is 0 Å². The van der Waals surface area contributed by atoms with Crippen LogP contribution in [0.5, 0.6) is 0 Å². The van der Waals surface area contributed by atoms with E-state index in [0.717, 1.165) is 22.5 Å². The van der Waals surface area contributed by atoms with E-state index in [4.69, 9.17) is 19.8 Å². The number of nitrogens with zero attached hydrogens (tertiary/aromatic N) is 4. The Hall–Kier alpha value is -4.21. The van der Waals surface area contributed by atoms with Gasteiger partial charge < -0.3 is 15.1 Å². The molecule has 0 radical (unpaired) electrons. The maximum atomic E-state index is 13.8. The molecule has 0 fully saturated rings. The van der Waals surface area contributed by atoms with Crippen LogP contribution in [0.3, 0.4) is 0 Å². The molecule has 2 N–H and O–H groups in total. The summed E-state index contributed by atoms with van der Waals surface area (Å²) in [4.78, 5) is 45.7. The molecule has 9 nitrogen and oxygen atoms in total. The number of carboxylic acids is 2. The number of fused-ring (bicyclic) bond motifs is 1. The first-order valence-electron chi connectivity index (χ1n) is 10.1. The lowest BCUT2D eigenvalue weighted by atomic mass is 9.99. The Bertz CT molecular complexity index is 1140. The van der Waals surface area contributed by atoms with Gasteiger partial charge in [-0.05, 0) is 30.2 Å². The Morgan fingerprint density at radius 2 is 1.79 bits per heavy atom. The van der Waals surface area contributed by atoms with Crippen molar-refractivity contribution >= 4 is 17.8 Å². The number of aromatic nitrogens is 3. The number of carboxylic acid groups (broad SMARTS) is 2. The maximum Gasteiger partial charge on any atom is 0.414 e. The lowest BCUT2D eigenvalue weighted by Crippen LogP contribution is -2.37. The van der Waals surface area contributed by atoms with Crippen molar-refractivity contribution in [3.05, 3.63) is 77.8 Å². The van der Waals surface area contributed by atoms with E-state index in [-0.39, 0.29) is 18.1 Å². The standard InChI is InChI=1S/C21H19FN4O.C2H2O4/c22-18-6-2-1-4-15(18)7-8-20(27)26-11-9-19-17(13-26)21(25-14-24-19)16-5-3-10-23-12-16;3-1(4)2(5)6/h1-6,10,12,14H,7-9,11,13H2;(H,3,4)(H,5,6). The number of halogens is 1. The number of benzene rings is 1. The topological polar surface area (TPSA) is 134 Å². The van der Waals surface area contributed by atoms with Gasteiger partial charge in [-0.2, -0.15) is 0 Å². The molecule has 2 aromatic heterocycles. The minimum atomic E-state index is -1.82. The summed E-state index contributed by atoms with van der Waals surface area (Å²) in [5.41, 5.74) is 4.25. The summed E-state index contributed by atoms with van der Waals surface area (Å²) in [6.45, 7) is 1.09. The van der Waals surface area contributed by atoms with Gasteiger partial charge in [-0.1, -0.05) is 18.2 Å². The molecule has 0 saturated carbocycles. The van der Waals surface area contributed by atoms with E-state index in [1.807, 2.05) is 17.0 Å². The van der Waals surface area contributed by atoms with Crippen LogP contribution in [0.1, 0.15) is 23.2 Å². The van der Waals surface area contributed by atoms with Crippen LogP contribution in [-0.2, 0) is 33.8 Å². The monoisotopic (exact) mass is 452 g/mol.